The molecule has 0 aliphatic heterocycles. The van der Waals surface area contributed by atoms with Crippen molar-refractivity contribution < 1.29 is 18.0 Å². The maximum absolute atomic E-state index is 14.3. The van der Waals surface area contributed by atoms with Crippen molar-refractivity contribution in [2.75, 3.05) is 17.1 Å². The summed E-state index contributed by atoms with van der Waals surface area (Å²) in [6.07, 6.45) is 6.53. The molecule has 9 heteroatoms. The number of hydrogen-bond donors (Lipinski definition) is 1. The Hall–Kier alpha value is -3.17. The van der Waals surface area contributed by atoms with Gasteiger partial charge >= 0.3 is 0 Å². The van der Waals surface area contributed by atoms with Gasteiger partial charge in [0.2, 0.25) is 21.8 Å². The first-order valence-electron chi connectivity index (χ1n) is 15.0. The molecule has 1 atom stereocenters. The minimum absolute atomic E-state index is 0.0642. The number of carbonyl (C=O) groups excluding carboxylic acids is 2. The molecule has 0 aromatic heterocycles. The highest BCUT2D eigenvalue weighted by Gasteiger charge is 2.34. The number of rotatable bonds is 12. The zero-order valence-corrected chi connectivity index (χ0v) is 27.6. The van der Waals surface area contributed by atoms with E-state index in [2.05, 4.69) is 35.1 Å². The zero-order valence-electron chi connectivity index (χ0n) is 25.2. The predicted molar refractivity (Wildman–Crippen MR) is 176 cm³/mol. The average Bonchev–Trinajstić information content (AvgIpc) is 2.98. The third-order valence-electron chi connectivity index (χ3n) is 7.99. The van der Waals surface area contributed by atoms with Crippen molar-refractivity contribution in [2.45, 2.75) is 76.9 Å². The normalized spacial score (nSPS) is 14.7. The Morgan fingerprint density at radius 1 is 0.907 bits per heavy atom. The molecule has 0 radical (unpaired) electrons. The molecule has 0 bridgehead atoms. The predicted octanol–water partition coefficient (Wildman–Crippen LogP) is 6.43. The van der Waals surface area contributed by atoms with E-state index in [0.29, 0.717) is 12.1 Å². The van der Waals surface area contributed by atoms with E-state index in [4.69, 9.17) is 0 Å². The molecule has 1 saturated carbocycles. The molecular weight excluding hydrogens is 626 g/mol. The number of nitrogens with zero attached hydrogens (tertiary/aromatic N) is 2. The maximum Gasteiger partial charge on any atom is 0.244 e. The summed E-state index contributed by atoms with van der Waals surface area (Å²) in [5.74, 6) is -0.381. The smallest absolute Gasteiger partial charge is 0.244 e. The molecule has 2 amide bonds. The van der Waals surface area contributed by atoms with Crippen molar-refractivity contribution in [1.82, 2.24) is 10.2 Å². The van der Waals surface area contributed by atoms with E-state index < -0.39 is 28.5 Å². The molecule has 7 nitrogen and oxygen atoms in total. The number of sulfonamides is 1. The van der Waals surface area contributed by atoms with Crippen LogP contribution in [0.2, 0.25) is 0 Å². The monoisotopic (exact) mass is 667 g/mol. The molecule has 1 aliphatic carbocycles. The standard InChI is InChI=1S/C34H42BrN3O4S/c1-25(2)28-17-19-31(20-18-28)38(43(3,41)42)24-33(39)37(23-27-13-10-14-29(35)21-27)32(22-26-11-6-4-7-12-26)34(40)36-30-15-8-5-9-16-30/h4,6-7,10-14,17-21,25,30,32H,5,8-9,15-16,22-24H2,1-3H3,(H,36,40)/t32-/m1/s1. The van der Waals surface area contributed by atoms with Gasteiger partial charge in [-0.2, -0.15) is 0 Å². The molecule has 1 N–H and O–H groups in total. The second-order valence-electron chi connectivity index (χ2n) is 11.7. The van der Waals surface area contributed by atoms with E-state index in [-0.39, 0.29) is 24.4 Å². The van der Waals surface area contributed by atoms with Gasteiger partial charge in [-0.1, -0.05) is 104 Å². The van der Waals surface area contributed by atoms with Gasteiger partial charge in [0, 0.05) is 23.5 Å². The highest BCUT2D eigenvalue weighted by atomic mass is 79.9. The summed E-state index contributed by atoms with van der Waals surface area (Å²) in [7, 11) is -3.81. The van der Waals surface area contributed by atoms with Crippen LogP contribution in [-0.4, -0.2) is 50.0 Å². The van der Waals surface area contributed by atoms with Crippen LogP contribution in [0.15, 0.2) is 83.3 Å². The molecule has 3 aromatic rings. The number of hydrogen-bond acceptors (Lipinski definition) is 4. The van der Waals surface area contributed by atoms with Crippen LogP contribution in [0.4, 0.5) is 5.69 Å². The van der Waals surface area contributed by atoms with E-state index in [9.17, 15) is 18.0 Å². The van der Waals surface area contributed by atoms with Gasteiger partial charge in [0.1, 0.15) is 12.6 Å². The molecule has 230 valence electrons. The Morgan fingerprint density at radius 3 is 2.16 bits per heavy atom. The summed E-state index contributed by atoms with van der Waals surface area (Å²) in [4.78, 5) is 29.9. The van der Waals surface area contributed by atoms with Gasteiger partial charge in [0.05, 0.1) is 11.9 Å². The summed E-state index contributed by atoms with van der Waals surface area (Å²) in [6, 6.07) is 23.7. The molecule has 0 saturated heterocycles. The van der Waals surface area contributed by atoms with E-state index in [1.807, 2.05) is 66.7 Å². The molecule has 4 rings (SSSR count). The van der Waals surface area contributed by atoms with E-state index in [1.165, 1.54) is 0 Å². The quantitative estimate of drug-likeness (QED) is 0.241. The Kier molecular flexibility index (Phi) is 11.4. The first-order valence-corrected chi connectivity index (χ1v) is 17.6. The molecule has 0 heterocycles. The number of amides is 2. The van der Waals surface area contributed by atoms with Gasteiger partial charge in [-0.3, -0.25) is 13.9 Å². The van der Waals surface area contributed by atoms with Crippen LogP contribution >= 0.6 is 15.9 Å². The topological polar surface area (TPSA) is 86.8 Å². The van der Waals surface area contributed by atoms with E-state index in [0.717, 1.165) is 63.8 Å². The first kappa shape index (κ1) is 32.7. The molecule has 0 unspecified atom stereocenters. The van der Waals surface area contributed by atoms with Crippen molar-refractivity contribution in [1.29, 1.82) is 0 Å². The molecule has 43 heavy (non-hydrogen) atoms. The SMILES string of the molecule is CC(C)c1ccc(N(CC(=O)N(Cc2cccc(Br)c2)[C@H](Cc2ccccc2)C(=O)NC2CCCCC2)S(C)(=O)=O)cc1. The number of halogens is 1. The van der Waals surface area contributed by atoms with E-state index >= 15 is 0 Å². The maximum atomic E-state index is 14.3. The van der Waals surface area contributed by atoms with Crippen molar-refractivity contribution in [3.8, 4) is 0 Å². The molecule has 1 fully saturated rings. The number of anilines is 1. The van der Waals surface area contributed by atoms with Crippen LogP contribution in [0.3, 0.4) is 0 Å². The third-order valence-corrected chi connectivity index (χ3v) is 9.63. The first-order chi connectivity index (χ1) is 20.5. The van der Waals surface area contributed by atoms with E-state index in [1.54, 1.807) is 17.0 Å². The van der Waals surface area contributed by atoms with Crippen molar-refractivity contribution in [3.63, 3.8) is 0 Å². The van der Waals surface area contributed by atoms with Gasteiger partial charge in [-0.15, -0.1) is 0 Å². The number of benzene rings is 3. The number of carbonyl (C=O) groups is 2. The highest BCUT2D eigenvalue weighted by Crippen LogP contribution is 2.24. The summed E-state index contributed by atoms with van der Waals surface area (Å²) in [6.45, 7) is 3.86. The van der Waals surface area contributed by atoms with Gasteiger partial charge in [0.25, 0.3) is 0 Å². The fourth-order valence-corrected chi connectivity index (χ4v) is 6.87. The van der Waals surface area contributed by atoms with Crippen molar-refractivity contribution >= 4 is 43.5 Å². The Labute approximate surface area is 264 Å². The molecule has 0 spiro atoms. The van der Waals surface area contributed by atoms with Crippen molar-refractivity contribution in [2.24, 2.45) is 0 Å². The number of nitrogens with one attached hydrogen (secondary N) is 1. The van der Waals surface area contributed by atoms with Crippen LogP contribution < -0.4 is 9.62 Å². The minimum atomic E-state index is -3.81. The lowest BCUT2D eigenvalue weighted by Gasteiger charge is -2.35. The highest BCUT2D eigenvalue weighted by molar-refractivity contribution is 9.10. The fraction of sp³-hybridized carbons (Fsp3) is 0.412. The fourth-order valence-electron chi connectivity index (χ4n) is 5.57. The lowest BCUT2D eigenvalue weighted by molar-refractivity contribution is -0.140. The molecule has 3 aromatic carbocycles. The van der Waals surface area contributed by atoms with Crippen molar-refractivity contribution in [3.05, 3.63) is 100 Å². The largest absolute Gasteiger partial charge is 0.352 e. The summed E-state index contributed by atoms with van der Waals surface area (Å²) < 4.78 is 28.1. The molecule has 1 aliphatic rings. The van der Waals surface area contributed by atoms with Crippen LogP contribution in [0, 0.1) is 0 Å². The van der Waals surface area contributed by atoms with Crippen LogP contribution in [0.1, 0.15) is 68.6 Å². The average molecular weight is 669 g/mol. The van der Waals surface area contributed by atoms with Crippen LogP contribution in [0.25, 0.3) is 0 Å². The summed E-state index contributed by atoms with van der Waals surface area (Å²) in [5.41, 5.74) is 3.23. The van der Waals surface area contributed by atoms with Gasteiger partial charge in [-0.25, -0.2) is 8.42 Å². The summed E-state index contributed by atoms with van der Waals surface area (Å²) >= 11 is 3.52. The second kappa shape index (κ2) is 15.0. The zero-order chi connectivity index (χ0) is 31.0. The molecular formula is C34H42BrN3O4S. The van der Waals surface area contributed by atoms with Gasteiger partial charge in [-0.05, 0) is 59.7 Å². The van der Waals surface area contributed by atoms with Gasteiger partial charge < -0.3 is 10.2 Å². The third kappa shape index (κ3) is 9.41. The Balaban J connectivity index is 1.71. The minimum Gasteiger partial charge on any atom is -0.352 e. The Bertz CT molecular complexity index is 1470. The van der Waals surface area contributed by atoms with Gasteiger partial charge in [0.15, 0.2) is 0 Å². The summed E-state index contributed by atoms with van der Waals surface area (Å²) in [5, 5.41) is 3.23. The second-order valence-corrected chi connectivity index (χ2v) is 14.5. The van der Waals surface area contributed by atoms with Crippen LogP contribution in [0.5, 0.6) is 0 Å². The lowest BCUT2D eigenvalue weighted by atomic mass is 9.94. The Morgan fingerprint density at radius 2 is 1.56 bits per heavy atom. The van der Waals surface area contributed by atoms with Crippen LogP contribution in [-0.2, 0) is 32.6 Å². The lowest BCUT2D eigenvalue weighted by Crippen LogP contribution is -2.55.